The molecule has 3 N–H and O–H groups in total. The van der Waals surface area contributed by atoms with E-state index in [1.165, 1.54) is 6.07 Å². The predicted octanol–water partition coefficient (Wildman–Crippen LogP) is -0.245. The number of fused-ring (bicyclic) bond motifs is 1. The molecule has 2 amide bonds. The summed E-state index contributed by atoms with van der Waals surface area (Å²) in [5.41, 5.74) is 0.812. The van der Waals surface area contributed by atoms with Crippen LogP contribution in [0.5, 0.6) is 0 Å². The summed E-state index contributed by atoms with van der Waals surface area (Å²) in [5.74, 6) is -0.473. The van der Waals surface area contributed by atoms with Crippen LogP contribution in [0.2, 0.25) is 0 Å². The van der Waals surface area contributed by atoms with Gasteiger partial charge < -0.3 is 20.1 Å². The topological polar surface area (TPSA) is 136 Å². The van der Waals surface area contributed by atoms with E-state index in [4.69, 9.17) is 0 Å². The largest absolute Gasteiger partial charge is 0.367 e. The number of aromatic nitrogens is 4. The van der Waals surface area contributed by atoms with Gasteiger partial charge in [-0.3, -0.25) is 23.9 Å². The Bertz CT molecular complexity index is 1250. The Morgan fingerprint density at radius 1 is 1.13 bits per heavy atom. The summed E-state index contributed by atoms with van der Waals surface area (Å²) in [7, 11) is 1.55. The van der Waals surface area contributed by atoms with Gasteiger partial charge in [-0.05, 0) is 25.1 Å². The number of nitrogens with zero attached hydrogens (tertiary/aromatic N) is 4. The van der Waals surface area contributed by atoms with Crippen LogP contribution in [0.1, 0.15) is 27.9 Å². The summed E-state index contributed by atoms with van der Waals surface area (Å²) >= 11 is 0. The Hall–Kier alpha value is -3.89. The number of piperazine rings is 1. The fourth-order valence-corrected chi connectivity index (χ4v) is 3.71. The lowest BCUT2D eigenvalue weighted by Gasteiger charge is -2.35. The second kappa shape index (κ2) is 8.09. The van der Waals surface area contributed by atoms with E-state index in [-0.39, 0.29) is 35.1 Å². The Morgan fingerprint density at radius 2 is 1.87 bits per heavy atom. The van der Waals surface area contributed by atoms with Gasteiger partial charge in [-0.15, -0.1) is 0 Å². The van der Waals surface area contributed by atoms with Crippen molar-refractivity contribution in [1.29, 1.82) is 0 Å². The molecule has 0 saturated carbocycles. The second-order valence-electron chi connectivity index (χ2n) is 7.21. The van der Waals surface area contributed by atoms with E-state index in [2.05, 4.69) is 25.2 Å². The SMILES string of the molecule is CCn1c(=O)[nH]c2[nH]c(C(=O)N3CCN(c4ccc(C(=O)NC)nc4)CC3)cc2c1=O. The van der Waals surface area contributed by atoms with Crippen LogP contribution in [-0.4, -0.2) is 69.5 Å². The zero-order valence-corrected chi connectivity index (χ0v) is 17.3. The molecule has 1 saturated heterocycles. The summed E-state index contributed by atoms with van der Waals surface area (Å²) in [6.45, 7) is 4.14. The number of hydrogen-bond donors (Lipinski definition) is 3. The molecule has 1 fully saturated rings. The third-order valence-corrected chi connectivity index (χ3v) is 5.46. The molecular weight excluding hydrogens is 402 g/mol. The van der Waals surface area contributed by atoms with E-state index in [1.807, 2.05) is 6.07 Å². The van der Waals surface area contributed by atoms with Crippen LogP contribution in [0.15, 0.2) is 34.0 Å². The smallest absolute Gasteiger partial charge is 0.329 e. The first-order valence-corrected chi connectivity index (χ1v) is 10.0. The maximum atomic E-state index is 12.9. The minimum absolute atomic E-state index is 0.229. The standard InChI is InChI=1S/C20H23N7O4/c1-3-27-18(29)13-10-15(23-16(13)24-20(27)31)19(30)26-8-6-25(7-9-26)12-4-5-14(22-11-12)17(28)21-2/h4-5,10-11,23H,3,6-9H2,1-2H3,(H,21,28)(H,24,31). The number of rotatable bonds is 4. The van der Waals surface area contributed by atoms with Gasteiger partial charge in [0.2, 0.25) is 0 Å². The van der Waals surface area contributed by atoms with Crippen LogP contribution >= 0.6 is 0 Å². The van der Waals surface area contributed by atoms with Gasteiger partial charge in [0.1, 0.15) is 17.0 Å². The fraction of sp³-hybridized carbons (Fsp3) is 0.350. The molecule has 0 atom stereocenters. The molecule has 31 heavy (non-hydrogen) atoms. The number of anilines is 1. The van der Waals surface area contributed by atoms with Crippen LogP contribution < -0.4 is 21.5 Å². The Kier molecular flexibility index (Phi) is 5.32. The van der Waals surface area contributed by atoms with Gasteiger partial charge >= 0.3 is 5.69 Å². The molecule has 162 valence electrons. The molecule has 0 spiro atoms. The van der Waals surface area contributed by atoms with Crippen LogP contribution in [0.25, 0.3) is 11.0 Å². The van der Waals surface area contributed by atoms with E-state index in [1.54, 1.807) is 31.1 Å². The fourth-order valence-electron chi connectivity index (χ4n) is 3.71. The van der Waals surface area contributed by atoms with E-state index in [9.17, 15) is 19.2 Å². The number of carbonyl (C=O) groups excluding carboxylic acids is 2. The molecule has 11 heteroatoms. The van der Waals surface area contributed by atoms with Gasteiger partial charge in [-0.25, -0.2) is 9.78 Å². The van der Waals surface area contributed by atoms with Gasteiger partial charge in [0.15, 0.2) is 0 Å². The number of aromatic amines is 2. The highest BCUT2D eigenvalue weighted by molar-refractivity contribution is 5.97. The van der Waals surface area contributed by atoms with E-state index < -0.39 is 11.2 Å². The first-order chi connectivity index (χ1) is 14.9. The zero-order valence-electron chi connectivity index (χ0n) is 17.3. The second-order valence-corrected chi connectivity index (χ2v) is 7.21. The average Bonchev–Trinajstić information content (AvgIpc) is 3.23. The van der Waals surface area contributed by atoms with Crippen molar-refractivity contribution >= 4 is 28.5 Å². The maximum absolute atomic E-state index is 12.9. The lowest BCUT2D eigenvalue weighted by molar-refractivity contribution is 0.0741. The van der Waals surface area contributed by atoms with Crippen LogP contribution in [0.4, 0.5) is 5.69 Å². The lowest BCUT2D eigenvalue weighted by atomic mass is 10.2. The number of pyridine rings is 1. The molecule has 1 aliphatic heterocycles. The van der Waals surface area contributed by atoms with Gasteiger partial charge in [-0.2, -0.15) is 0 Å². The van der Waals surface area contributed by atoms with Crippen LogP contribution in [0, 0.1) is 0 Å². The molecule has 1 aliphatic rings. The normalized spacial score (nSPS) is 14.1. The van der Waals surface area contributed by atoms with Gasteiger partial charge in [0.05, 0.1) is 17.3 Å². The molecule has 11 nitrogen and oxygen atoms in total. The van der Waals surface area contributed by atoms with Crippen LogP contribution in [-0.2, 0) is 6.54 Å². The first-order valence-electron chi connectivity index (χ1n) is 10.0. The number of hydrogen-bond acceptors (Lipinski definition) is 6. The van der Waals surface area contributed by atoms with Crippen molar-refractivity contribution in [3.05, 3.63) is 56.6 Å². The van der Waals surface area contributed by atoms with Crippen molar-refractivity contribution in [1.82, 2.24) is 29.7 Å². The van der Waals surface area contributed by atoms with Gasteiger partial charge in [-0.1, -0.05) is 0 Å². The highest BCUT2D eigenvalue weighted by Crippen LogP contribution is 2.17. The predicted molar refractivity (Wildman–Crippen MR) is 115 cm³/mol. The number of H-pyrrole nitrogens is 2. The summed E-state index contributed by atoms with van der Waals surface area (Å²) in [5, 5.41) is 2.82. The molecule has 4 heterocycles. The Labute approximate surface area is 176 Å². The molecule has 0 unspecified atom stereocenters. The molecule has 0 aromatic carbocycles. The summed E-state index contributed by atoms with van der Waals surface area (Å²) in [4.78, 5) is 62.4. The van der Waals surface area contributed by atoms with Crippen molar-refractivity contribution in [3.8, 4) is 0 Å². The minimum atomic E-state index is -0.509. The molecule has 0 aliphatic carbocycles. The van der Waals surface area contributed by atoms with Crippen molar-refractivity contribution in [2.45, 2.75) is 13.5 Å². The van der Waals surface area contributed by atoms with Crippen molar-refractivity contribution in [2.75, 3.05) is 38.1 Å². The number of amides is 2. The Balaban J connectivity index is 1.47. The molecule has 4 rings (SSSR count). The lowest BCUT2D eigenvalue weighted by Crippen LogP contribution is -2.49. The molecule has 0 bridgehead atoms. The number of carbonyl (C=O) groups is 2. The van der Waals surface area contributed by atoms with Gasteiger partial charge in [0, 0.05) is 39.8 Å². The van der Waals surface area contributed by atoms with E-state index in [0.29, 0.717) is 31.9 Å². The first kappa shape index (κ1) is 20.4. The monoisotopic (exact) mass is 425 g/mol. The Morgan fingerprint density at radius 3 is 2.48 bits per heavy atom. The maximum Gasteiger partial charge on any atom is 0.329 e. The van der Waals surface area contributed by atoms with Gasteiger partial charge in [0.25, 0.3) is 17.4 Å². The van der Waals surface area contributed by atoms with Crippen molar-refractivity contribution < 1.29 is 9.59 Å². The summed E-state index contributed by atoms with van der Waals surface area (Å²) < 4.78 is 1.09. The van der Waals surface area contributed by atoms with Crippen molar-refractivity contribution in [3.63, 3.8) is 0 Å². The molecule has 0 radical (unpaired) electrons. The van der Waals surface area contributed by atoms with E-state index in [0.717, 1.165) is 10.3 Å². The third-order valence-electron chi connectivity index (χ3n) is 5.46. The van der Waals surface area contributed by atoms with Crippen LogP contribution in [0.3, 0.4) is 0 Å². The molecular formula is C20H23N7O4. The summed E-state index contributed by atoms with van der Waals surface area (Å²) in [6.07, 6.45) is 1.65. The minimum Gasteiger partial charge on any atom is -0.367 e. The van der Waals surface area contributed by atoms with Crippen molar-refractivity contribution in [2.24, 2.45) is 0 Å². The number of nitrogens with one attached hydrogen (secondary N) is 3. The summed E-state index contributed by atoms with van der Waals surface area (Å²) in [6, 6.07) is 5.00. The molecule has 3 aromatic rings. The quantitative estimate of drug-likeness (QED) is 0.528. The highest BCUT2D eigenvalue weighted by Gasteiger charge is 2.24. The third kappa shape index (κ3) is 3.69. The van der Waals surface area contributed by atoms with E-state index >= 15 is 0 Å². The zero-order chi connectivity index (χ0) is 22.1. The highest BCUT2D eigenvalue weighted by atomic mass is 16.2. The molecule has 3 aromatic heterocycles. The average molecular weight is 425 g/mol.